The number of nitrogens with zero attached hydrogens (tertiary/aromatic N) is 2. The van der Waals surface area contributed by atoms with Gasteiger partial charge in [-0.3, -0.25) is 4.79 Å². The molecule has 0 aliphatic carbocycles. The predicted octanol–water partition coefficient (Wildman–Crippen LogP) is 3.09. The average Bonchev–Trinajstić information content (AvgIpc) is 2.38. The maximum Gasteiger partial charge on any atom is 0.226 e. The molecule has 17 heavy (non-hydrogen) atoms. The summed E-state index contributed by atoms with van der Waals surface area (Å²) in [6.45, 7) is 0. The molecule has 0 saturated heterocycles. The zero-order chi connectivity index (χ0) is 12.7. The van der Waals surface area contributed by atoms with Crippen LogP contribution in [-0.4, -0.2) is 18.3 Å². The minimum Gasteiger partial charge on any atom is -0.315 e. The fourth-order valence-corrected chi connectivity index (χ4v) is 1.86. The Balaban J connectivity index is 2.65. The Morgan fingerprint density at radius 1 is 1.47 bits per heavy atom. The molecule has 0 aliphatic rings. The summed E-state index contributed by atoms with van der Waals surface area (Å²) in [4.78, 5) is 13.5. The Hall–Kier alpha value is -1.34. The van der Waals surface area contributed by atoms with Crippen molar-refractivity contribution in [3.05, 3.63) is 29.8 Å². The summed E-state index contributed by atoms with van der Waals surface area (Å²) < 4.78 is 0. The van der Waals surface area contributed by atoms with E-state index < -0.39 is 0 Å². The van der Waals surface area contributed by atoms with Crippen LogP contribution < -0.4 is 4.90 Å². The van der Waals surface area contributed by atoms with Gasteiger partial charge in [0.2, 0.25) is 5.91 Å². The van der Waals surface area contributed by atoms with Crippen LogP contribution in [0.15, 0.2) is 24.3 Å². The van der Waals surface area contributed by atoms with Gasteiger partial charge in [-0.25, -0.2) is 0 Å². The third-order valence-electron chi connectivity index (χ3n) is 2.51. The lowest BCUT2D eigenvalue weighted by Gasteiger charge is -2.17. The van der Waals surface area contributed by atoms with Crippen LogP contribution >= 0.6 is 15.9 Å². The lowest BCUT2D eigenvalue weighted by atomic mass is 10.2. The Morgan fingerprint density at radius 2 is 2.24 bits per heavy atom. The van der Waals surface area contributed by atoms with Gasteiger partial charge < -0.3 is 4.90 Å². The Morgan fingerprint density at radius 3 is 2.88 bits per heavy atom. The summed E-state index contributed by atoms with van der Waals surface area (Å²) >= 11 is 3.34. The molecule has 0 spiro atoms. The molecular formula is C13H15BrN2O. The number of hydrogen-bond donors (Lipinski definition) is 0. The minimum atomic E-state index is 0.0843. The summed E-state index contributed by atoms with van der Waals surface area (Å²) in [5.41, 5.74) is 1.34. The monoisotopic (exact) mass is 294 g/mol. The van der Waals surface area contributed by atoms with Crippen LogP contribution in [0.4, 0.5) is 5.69 Å². The number of anilines is 1. The molecule has 1 rings (SSSR count). The standard InChI is InChI=1S/C13H15BrN2O/c1-16(13(17)7-2-3-8-14)12-6-4-5-11(9-12)10-15/h4-6,9H,2-3,7-8H2,1H3. The fraction of sp³-hybridized carbons (Fsp3) is 0.385. The van der Waals surface area contributed by atoms with Crippen molar-refractivity contribution in [2.45, 2.75) is 19.3 Å². The highest BCUT2D eigenvalue weighted by Crippen LogP contribution is 2.16. The van der Waals surface area contributed by atoms with Crippen LogP contribution in [-0.2, 0) is 4.79 Å². The van der Waals surface area contributed by atoms with E-state index in [1.54, 1.807) is 30.1 Å². The third kappa shape index (κ3) is 4.20. The van der Waals surface area contributed by atoms with E-state index in [1.807, 2.05) is 6.07 Å². The summed E-state index contributed by atoms with van der Waals surface area (Å²) in [6, 6.07) is 9.15. The Bertz CT molecular complexity index is 426. The van der Waals surface area contributed by atoms with Crippen molar-refractivity contribution in [2.75, 3.05) is 17.3 Å². The van der Waals surface area contributed by atoms with Crippen molar-refractivity contribution in [3.63, 3.8) is 0 Å². The van der Waals surface area contributed by atoms with Crippen molar-refractivity contribution in [1.29, 1.82) is 5.26 Å². The molecule has 0 aliphatic heterocycles. The van der Waals surface area contributed by atoms with Gasteiger partial charge in [-0.1, -0.05) is 22.0 Å². The van der Waals surface area contributed by atoms with E-state index in [0.717, 1.165) is 23.9 Å². The van der Waals surface area contributed by atoms with Gasteiger partial charge in [0.05, 0.1) is 11.6 Å². The second-order valence-electron chi connectivity index (χ2n) is 3.76. The van der Waals surface area contributed by atoms with Crippen molar-refractivity contribution in [1.82, 2.24) is 0 Å². The van der Waals surface area contributed by atoms with Crippen LogP contribution in [0.5, 0.6) is 0 Å². The lowest BCUT2D eigenvalue weighted by molar-refractivity contribution is -0.118. The molecule has 1 amide bonds. The number of halogens is 1. The molecule has 0 heterocycles. The van der Waals surface area contributed by atoms with Gasteiger partial charge in [-0.15, -0.1) is 0 Å². The highest BCUT2D eigenvalue weighted by atomic mass is 79.9. The molecule has 90 valence electrons. The van der Waals surface area contributed by atoms with E-state index in [1.165, 1.54) is 0 Å². The molecule has 0 aromatic heterocycles. The van der Waals surface area contributed by atoms with E-state index in [9.17, 15) is 4.79 Å². The van der Waals surface area contributed by atoms with E-state index >= 15 is 0 Å². The smallest absolute Gasteiger partial charge is 0.226 e. The summed E-state index contributed by atoms with van der Waals surface area (Å²) in [6.07, 6.45) is 2.42. The molecule has 4 heteroatoms. The van der Waals surface area contributed by atoms with Crippen LogP contribution in [0.3, 0.4) is 0 Å². The molecular weight excluding hydrogens is 280 g/mol. The van der Waals surface area contributed by atoms with Crippen molar-refractivity contribution in [2.24, 2.45) is 0 Å². The molecule has 0 atom stereocenters. The summed E-state index contributed by atoms with van der Waals surface area (Å²) in [5, 5.41) is 9.72. The van der Waals surface area contributed by atoms with Crippen molar-refractivity contribution >= 4 is 27.5 Å². The molecule has 1 aromatic carbocycles. The maximum absolute atomic E-state index is 11.8. The van der Waals surface area contributed by atoms with E-state index in [4.69, 9.17) is 5.26 Å². The maximum atomic E-state index is 11.8. The van der Waals surface area contributed by atoms with Gasteiger partial charge in [-0.2, -0.15) is 5.26 Å². The SMILES string of the molecule is CN(C(=O)CCCCBr)c1cccc(C#N)c1. The zero-order valence-electron chi connectivity index (χ0n) is 9.82. The number of carbonyl (C=O) groups excluding carboxylic acids is 1. The van der Waals surface area contributed by atoms with Gasteiger partial charge in [0.15, 0.2) is 0 Å². The summed E-state index contributed by atoms with van der Waals surface area (Å²) in [5.74, 6) is 0.0843. The van der Waals surface area contributed by atoms with Crippen molar-refractivity contribution < 1.29 is 4.79 Å². The fourth-order valence-electron chi connectivity index (χ4n) is 1.47. The number of amides is 1. The quantitative estimate of drug-likeness (QED) is 0.619. The number of nitriles is 1. The number of carbonyl (C=O) groups is 1. The Kier molecular flexibility index (Phi) is 5.71. The zero-order valence-corrected chi connectivity index (χ0v) is 11.4. The molecule has 0 fully saturated rings. The second kappa shape index (κ2) is 7.08. The minimum absolute atomic E-state index is 0.0843. The molecule has 0 saturated carbocycles. The number of benzene rings is 1. The Labute approximate surface area is 110 Å². The van der Waals surface area contributed by atoms with E-state index in [0.29, 0.717) is 12.0 Å². The first-order chi connectivity index (χ1) is 8.19. The number of rotatable bonds is 5. The molecule has 0 bridgehead atoms. The van der Waals surface area contributed by atoms with Crippen LogP contribution in [0.2, 0.25) is 0 Å². The number of unbranched alkanes of at least 4 members (excludes halogenated alkanes) is 1. The molecule has 0 radical (unpaired) electrons. The predicted molar refractivity (Wildman–Crippen MR) is 72.2 cm³/mol. The number of alkyl halides is 1. The van der Waals surface area contributed by atoms with Gasteiger partial charge in [0.1, 0.15) is 0 Å². The highest BCUT2D eigenvalue weighted by Gasteiger charge is 2.10. The first-order valence-electron chi connectivity index (χ1n) is 5.51. The lowest BCUT2D eigenvalue weighted by Crippen LogP contribution is -2.25. The number of hydrogen-bond acceptors (Lipinski definition) is 2. The molecule has 0 N–H and O–H groups in total. The highest BCUT2D eigenvalue weighted by molar-refractivity contribution is 9.09. The normalized spacial score (nSPS) is 9.71. The average molecular weight is 295 g/mol. The third-order valence-corrected chi connectivity index (χ3v) is 3.07. The van der Waals surface area contributed by atoms with Gasteiger partial charge in [0, 0.05) is 24.5 Å². The van der Waals surface area contributed by atoms with E-state index in [2.05, 4.69) is 22.0 Å². The van der Waals surface area contributed by atoms with Gasteiger partial charge in [-0.05, 0) is 31.0 Å². The van der Waals surface area contributed by atoms with Crippen LogP contribution in [0, 0.1) is 11.3 Å². The first-order valence-corrected chi connectivity index (χ1v) is 6.64. The van der Waals surface area contributed by atoms with Crippen LogP contribution in [0.25, 0.3) is 0 Å². The molecule has 1 aromatic rings. The van der Waals surface area contributed by atoms with E-state index in [-0.39, 0.29) is 5.91 Å². The first kappa shape index (κ1) is 13.7. The summed E-state index contributed by atoms with van der Waals surface area (Å²) in [7, 11) is 1.74. The largest absolute Gasteiger partial charge is 0.315 e. The second-order valence-corrected chi connectivity index (χ2v) is 4.55. The van der Waals surface area contributed by atoms with Crippen LogP contribution in [0.1, 0.15) is 24.8 Å². The van der Waals surface area contributed by atoms with Gasteiger partial charge >= 0.3 is 0 Å². The molecule has 3 nitrogen and oxygen atoms in total. The molecule has 0 unspecified atom stereocenters. The topological polar surface area (TPSA) is 44.1 Å². The van der Waals surface area contributed by atoms with Crippen molar-refractivity contribution in [3.8, 4) is 6.07 Å². The van der Waals surface area contributed by atoms with Gasteiger partial charge in [0.25, 0.3) is 0 Å².